The molecule has 1 aliphatic heterocycles. The molecule has 1 saturated heterocycles. The molecule has 140 valence electrons. The Kier molecular flexibility index (Phi) is 4.57. The number of aromatic nitrogens is 6. The smallest absolute Gasteiger partial charge is 0.266 e. The zero-order chi connectivity index (χ0) is 19.0. The van der Waals surface area contributed by atoms with E-state index in [0.717, 1.165) is 42.4 Å². The predicted octanol–water partition coefficient (Wildman–Crippen LogP) is 1.28. The first kappa shape index (κ1) is 17.5. The minimum atomic E-state index is -0.0781. The van der Waals surface area contributed by atoms with Gasteiger partial charge >= 0.3 is 0 Å². The Balaban J connectivity index is 1.40. The highest BCUT2D eigenvalue weighted by atomic mass is 16.1. The van der Waals surface area contributed by atoms with Crippen molar-refractivity contribution in [1.29, 1.82) is 0 Å². The molecule has 3 aromatic rings. The van der Waals surface area contributed by atoms with Gasteiger partial charge in [-0.3, -0.25) is 9.69 Å². The molecule has 0 N–H and O–H groups in total. The molecule has 3 aromatic heterocycles. The molecular formula is C19H23N7O. The van der Waals surface area contributed by atoms with Crippen LogP contribution in [0.15, 0.2) is 35.4 Å². The van der Waals surface area contributed by atoms with E-state index in [0.29, 0.717) is 18.3 Å². The Morgan fingerprint density at radius 2 is 1.81 bits per heavy atom. The van der Waals surface area contributed by atoms with Crippen molar-refractivity contribution in [2.75, 3.05) is 13.1 Å². The van der Waals surface area contributed by atoms with Crippen LogP contribution in [0.2, 0.25) is 0 Å². The first-order chi connectivity index (χ1) is 13.0. The molecule has 0 radical (unpaired) electrons. The van der Waals surface area contributed by atoms with Crippen LogP contribution < -0.4 is 5.56 Å². The van der Waals surface area contributed by atoms with Gasteiger partial charge in [0.1, 0.15) is 5.82 Å². The van der Waals surface area contributed by atoms with Gasteiger partial charge in [-0.1, -0.05) is 0 Å². The molecule has 0 aliphatic carbocycles. The maximum Gasteiger partial charge on any atom is 0.266 e. The third-order valence-corrected chi connectivity index (χ3v) is 4.78. The number of aryl methyl sites for hydroxylation is 3. The Hall–Kier alpha value is -2.87. The molecule has 0 spiro atoms. The Labute approximate surface area is 157 Å². The van der Waals surface area contributed by atoms with Crippen molar-refractivity contribution in [3.05, 3.63) is 63.7 Å². The molecule has 27 heavy (non-hydrogen) atoms. The van der Waals surface area contributed by atoms with E-state index in [1.807, 2.05) is 39.2 Å². The average Bonchev–Trinajstić information content (AvgIpc) is 2.94. The van der Waals surface area contributed by atoms with Gasteiger partial charge in [-0.05, 0) is 32.9 Å². The van der Waals surface area contributed by atoms with Gasteiger partial charge in [-0.2, -0.15) is 5.10 Å². The summed E-state index contributed by atoms with van der Waals surface area (Å²) in [7, 11) is 0. The summed E-state index contributed by atoms with van der Waals surface area (Å²) in [5.41, 5.74) is 2.97. The van der Waals surface area contributed by atoms with E-state index in [4.69, 9.17) is 0 Å². The van der Waals surface area contributed by atoms with Gasteiger partial charge in [-0.15, -0.1) is 5.10 Å². The lowest BCUT2D eigenvalue weighted by Gasteiger charge is -2.39. The van der Waals surface area contributed by atoms with Crippen molar-refractivity contribution in [2.45, 2.75) is 33.9 Å². The fraction of sp³-hybridized carbons (Fsp3) is 0.421. The van der Waals surface area contributed by atoms with Crippen LogP contribution in [0, 0.1) is 26.7 Å². The fourth-order valence-electron chi connectivity index (χ4n) is 3.47. The van der Waals surface area contributed by atoms with E-state index >= 15 is 0 Å². The van der Waals surface area contributed by atoms with Crippen LogP contribution in [0.4, 0.5) is 0 Å². The van der Waals surface area contributed by atoms with E-state index in [1.54, 1.807) is 21.5 Å². The molecule has 0 bridgehead atoms. The number of hydrogen-bond donors (Lipinski definition) is 0. The van der Waals surface area contributed by atoms with Gasteiger partial charge in [0.05, 0.1) is 12.2 Å². The molecule has 1 aliphatic rings. The van der Waals surface area contributed by atoms with E-state index in [1.165, 1.54) is 0 Å². The number of rotatable bonds is 5. The van der Waals surface area contributed by atoms with Gasteiger partial charge in [0.2, 0.25) is 0 Å². The molecule has 1 fully saturated rings. The summed E-state index contributed by atoms with van der Waals surface area (Å²) >= 11 is 0. The summed E-state index contributed by atoms with van der Waals surface area (Å²) < 4.78 is 3.33. The van der Waals surface area contributed by atoms with E-state index in [9.17, 15) is 4.79 Å². The predicted molar refractivity (Wildman–Crippen MR) is 101 cm³/mol. The second-order valence-corrected chi connectivity index (χ2v) is 7.25. The van der Waals surface area contributed by atoms with Crippen molar-refractivity contribution in [3.63, 3.8) is 0 Å². The van der Waals surface area contributed by atoms with Crippen LogP contribution in [0.25, 0.3) is 5.82 Å². The quantitative estimate of drug-likeness (QED) is 0.677. The minimum Gasteiger partial charge on any atom is -0.298 e. The van der Waals surface area contributed by atoms with Crippen LogP contribution in [-0.4, -0.2) is 47.5 Å². The highest BCUT2D eigenvalue weighted by molar-refractivity contribution is 5.23. The maximum absolute atomic E-state index is 12.2. The topological polar surface area (TPSA) is 81.7 Å². The molecule has 0 amide bonds. The molecule has 0 saturated carbocycles. The normalized spacial score (nSPS) is 15.1. The lowest BCUT2D eigenvalue weighted by Crippen LogP contribution is -2.49. The van der Waals surface area contributed by atoms with Gasteiger partial charge in [0.15, 0.2) is 5.82 Å². The molecule has 8 heteroatoms. The number of nitrogens with zero attached hydrogens (tertiary/aromatic N) is 7. The lowest BCUT2D eigenvalue weighted by molar-refractivity contribution is 0.0764. The Bertz CT molecular complexity index is 1000. The van der Waals surface area contributed by atoms with Gasteiger partial charge in [-0.25, -0.2) is 19.3 Å². The zero-order valence-corrected chi connectivity index (χ0v) is 15.8. The highest BCUT2D eigenvalue weighted by Crippen LogP contribution is 2.19. The molecule has 4 rings (SSSR count). The van der Waals surface area contributed by atoms with E-state index in [-0.39, 0.29) is 5.56 Å². The monoisotopic (exact) mass is 365 g/mol. The van der Waals surface area contributed by atoms with Gasteiger partial charge < -0.3 is 0 Å². The van der Waals surface area contributed by atoms with Gasteiger partial charge in [0, 0.05) is 55.3 Å². The Morgan fingerprint density at radius 1 is 1.07 bits per heavy atom. The molecule has 0 unspecified atom stereocenters. The van der Waals surface area contributed by atoms with Crippen LogP contribution >= 0.6 is 0 Å². The Morgan fingerprint density at radius 3 is 2.48 bits per heavy atom. The summed E-state index contributed by atoms with van der Waals surface area (Å²) in [4.78, 5) is 23.0. The first-order valence-corrected chi connectivity index (χ1v) is 9.09. The van der Waals surface area contributed by atoms with Gasteiger partial charge in [0.25, 0.3) is 5.56 Å². The summed E-state index contributed by atoms with van der Waals surface area (Å²) in [6, 6.07) is 5.29. The first-order valence-electron chi connectivity index (χ1n) is 9.09. The van der Waals surface area contributed by atoms with Crippen LogP contribution in [-0.2, 0) is 13.1 Å². The molecule has 0 aromatic carbocycles. The standard InChI is InChI=1S/C19H23N7O/c1-13-6-14(2)26(22-13)18-4-5-19(27)25(23-18)12-17-10-24(11-17)9-16-7-20-15(3)21-8-16/h4-8,17H,9-12H2,1-3H3. The van der Waals surface area contributed by atoms with Crippen molar-refractivity contribution >= 4 is 0 Å². The van der Waals surface area contributed by atoms with Crippen LogP contribution in [0.1, 0.15) is 22.8 Å². The molecule has 0 atom stereocenters. The average molecular weight is 365 g/mol. The largest absolute Gasteiger partial charge is 0.298 e. The molecule has 8 nitrogen and oxygen atoms in total. The second-order valence-electron chi connectivity index (χ2n) is 7.25. The van der Waals surface area contributed by atoms with Crippen LogP contribution in [0.5, 0.6) is 0 Å². The van der Waals surface area contributed by atoms with Crippen molar-refractivity contribution in [1.82, 2.24) is 34.4 Å². The number of likely N-dealkylation sites (tertiary alicyclic amines) is 1. The van der Waals surface area contributed by atoms with E-state index < -0.39 is 0 Å². The summed E-state index contributed by atoms with van der Waals surface area (Å²) in [6.45, 7) is 9.14. The van der Waals surface area contributed by atoms with Crippen molar-refractivity contribution in [3.8, 4) is 5.82 Å². The van der Waals surface area contributed by atoms with Crippen LogP contribution in [0.3, 0.4) is 0 Å². The maximum atomic E-state index is 12.2. The summed E-state index contributed by atoms with van der Waals surface area (Å²) in [6.07, 6.45) is 3.75. The van der Waals surface area contributed by atoms with Crippen molar-refractivity contribution < 1.29 is 0 Å². The third-order valence-electron chi connectivity index (χ3n) is 4.78. The fourth-order valence-corrected chi connectivity index (χ4v) is 3.47. The molecular weight excluding hydrogens is 342 g/mol. The lowest BCUT2D eigenvalue weighted by atomic mass is 10.00. The SMILES string of the molecule is Cc1cc(C)n(-c2ccc(=O)n(CC3CN(Cc4cnc(C)nc4)C3)n2)n1. The summed E-state index contributed by atoms with van der Waals surface area (Å²) in [5, 5.41) is 8.97. The zero-order valence-electron chi connectivity index (χ0n) is 15.8. The van der Waals surface area contributed by atoms with Crippen molar-refractivity contribution in [2.24, 2.45) is 5.92 Å². The highest BCUT2D eigenvalue weighted by Gasteiger charge is 2.27. The minimum absolute atomic E-state index is 0.0781. The second kappa shape index (κ2) is 7.03. The number of hydrogen-bond acceptors (Lipinski definition) is 6. The third kappa shape index (κ3) is 3.80. The summed E-state index contributed by atoms with van der Waals surface area (Å²) in [5.74, 6) is 1.87. The molecule has 4 heterocycles. The van der Waals surface area contributed by atoms with E-state index in [2.05, 4.69) is 25.1 Å².